The molecule has 0 fully saturated rings. The Morgan fingerprint density at radius 2 is 1.38 bits per heavy atom. The van der Waals surface area contributed by atoms with E-state index in [1.807, 2.05) is 24.3 Å². The molecule has 0 saturated heterocycles. The van der Waals surface area contributed by atoms with E-state index in [0.717, 1.165) is 0 Å². The van der Waals surface area contributed by atoms with Gasteiger partial charge in [-0.2, -0.15) is 5.26 Å². The Labute approximate surface area is 93.8 Å². The highest BCUT2D eigenvalue weighted by molar-refractivity contribution is 5.30. The Kier molecular flexibility index (Phi) is 4.42. The summed E-state index contributed by atoms with van der Waals surface area (Å²) in [5.41, 5.74) is 0.715. The van der Waals surface area contributed by atoms with E-state index in [2.05, 4.69) is 0 Å². The minimum absolute atomic E-state index is 0.0880. The van der Waals surface area contributed by atoms with Crippen LogP contribution >= 0.6 is 0 Å². The summed E-state index contributed by atoms with van der Waals surface area (Å²) < 4.78 is 0. The van der Waals surface area contributed by atoms with Crippen LogP contribution in [0.15, 0.2) is 54.6 Å². The van der Waals surface area contributed by atoms with Gasteiger partial charge in [-0.3, -0.25) is 0 Å². The second-order valence-electron chi connectivity index (χ2n) is 3.00. The first-order chi connectivity index (χ1) is 7.72. The van der Waals surface area contributed by atoms with Gasteiger partial charge in [0.15, 0.2) is 0 Å². The SMILES string of the molecule is N#Cc1ccccc1.Oc1cccc(O)c1. The molecule has 2 N–H and O–H groups in total. The molecule has 0 atom stereocenters. The second-order valence-corrected chi connectivity index (χ2v) is 3.00. The van der Waals surface area contributed by atoms with Gasteiger partial charge in [-0.1, -0.05) is 24.3 Å². The average Bonchev–Trinajstić information content (AvgIpc) is 2.31. The fraction of sp³-hybridized carbons (Fsp3) is 0. The third-order valence-corrected chi connectivity index (χ3v) is 1.73. The van der Waals surface area contributed by atoms with Gasteiger partial charge < -0.3 is 10.2 Å². The lowest BCUT2D eigenvalue weighted by Gasteiger charge is -1.89. The number of benzene rings is 2. The highest BCUT2D eigenvalue weighted by Gasteiger charge is 1.85. The van der Waals surface area contributed by atoms with Crippen molar-refractivity contribution in [2.45, 2.75) is 0 Å². The van der Waals surface area contributed by atoms with Crippen molar-refractivity contribution in [2.75, 3.05) is 0 Å². The zero-order valence-corrected chi connectivity index (χ0v) is 8.54. The molecule has 2 rings (SSSR count). The Morgan fingerprint density at radius 1 is 0.812 bits per heavy atom. The molecule has 16 heavy (non-hydrogen) atoms. The van der Waals surface area contributed by atoms with Crippen LogP contribution in [0.25, 0.3) is 0 Å². The molecule has 0 saturated carbocycles. The van der Waals surface area contributed by atoms with Gasteiger partial charge in [-0.15, -0.1) is 0 Å². The molecule has 0 spiro atoms. The quantitative estimate of drug-likeness (QED) is 0.707. The molecule has 0 aliphatic heterocycles. The number of hydrogen-bond donors (Lipinski definition) is 2. The van der Waals surface area contributed by atoms with Gasteiger partial charge in [0.2, 0.25) is 0 Å². The smallest absolute Gasteiger partial charge is 0.119 e. The number of nitriles is 1. The van der Waals surface area contributed by atoms with E-state index >= 15 is 0 Å². The molecule has 0 radical (unpaired) electrons. The molecule has 2 aromatic rings. The van der Waals surface area contributed by atoms with Crippen LogP contribution in [-0.4, -0.2) is 10.2 Å². The molecule has 0 aromatic heterocycles. The van der Waals surface area contributed by atoms with Crippen LogP contribution in [0.5, 0.6) is 11.5 Å². The Bertz CT molecular complexity index is 458. The van der Waals surface area contributed by atoms with Crippen molar-refractivity contribution in [2.24, 2.45) is 0 Å². The molecule has 0 aliphatic rings. The molecule has 3 nitrogen and oxygen atoms in total. The molecular weight excluding hydrogens is 202 g/mol. The zero-order chi connectivity index (χ0) is 11.8. The largest absolute Gasteiger partial charge is 0.508 e. The summed E-state index contributed by atoms with van der Waals surface area (Å²) in [5.74, 6) is 0.176. The first kappa shape index (κ1) is 11.6. The van der Waals surface area contributed by atoms with Crippen molar-refractivity contribution in [1.29, 1.82) is 5.26 Å². The first-order valence-corrected chi connectivity index (χ1v) is 4.65. The van der Waals surface area contributed by atoms with Crippen molar-refractivity contribution >= 4 is 0 Å². The third kappa shape index (κ3) is 4.16. The van der Waals surface area contributed by atoms with Gasteiger partial charge in [-0.05, 0) is 24.3 Å². The summed E-state index contributed by atoms with van der Waals surface area (Å²) >= 11 is 0. The molecule has 3 heteroatoms. The van der Waals surface area contributed by atoms with Crippen LogP contribution in [0, 0.1) is 11.3 Å². The lowest BCUT2D eigenvalue weighted by molar-refractivity contribution is 0.450. The lowest BCUT2D eigenvalue weighted by atomic mass is 10.2. The maximum absolute atomic E-state index is 8.65. The van der Waals surface area contributed by atoms with Crippen molar-refractivity contribution in [3.05, 3.63) is 60.2 Å². The predicted octanol–water partition coefficient (Wildman–Crippen LogP) is 2.66. The Hall–Kier alpha value is -2.47. The molecule has 2 aromatic carbocycles. The predicted molar refractivity (Wildman–Crippen MR) is 60.9 cm³/mol. The van der Waals surface area contributed by atoms with Crippen LogP contribution in [0.4, 0.5) is 0 Å². The van der Waals surface area contributed by atoms with Crippen LogP contribution in [0.1, 0.15) is 5.56 Å². The number of rotatable bonds is 0. The highest BCUT2D eigenvalue weighted by Crippen LogP contribution is 2.14. The van der Waals surface area contributed by atoms with Crippen LogP contribution in [0.2, 0.25) is 0 Å². The van der Waals surface area contributed by atoms with E-state index in [9.17, 15) is 0 Å². The van der Waals surface area contributed by atoms with Gasteiger partial charge in [-0.25, -0.2) is 0 Å². The minimum Gasteiger partial charge on any atom is -0.508 e. The van der Waals surface area contributed by atoms with Gasteiger partial charge in [0.1, 0.15) is 11.5 Å². The van der Waals surface area contributed by atoms with Gasteiger partial charge >= 0.3 is 0 Å². The summed E-state index contributed by atoms with van der Waals surface area (Å²) in [4.78, 5) is 0. The van der Waals surface area contributed by atoms with Crippen molar-refractivity contribution in [3.8, 4) is 17.6 Å². The third-order valence-electron chi connectivity index (χ3n) is 1.73. The number of phenols is 2. The molecule has 80 valence electrons. The van der Waals surface area contributed by atoms with Crippen LogP contribution < -0.4 is 0 Å². The van der Waals surface area contributed by atoms with E-state index in [1.165, 1.54) is 18.2 Å². The number of aromatic hydroxyl groups is 2. The molecule has 0 unspecified atom stereocenters. The molecule has 0 bridgehead atoms. The standard InChI is InChI=1S/C7H5N.C6H6O2/c8-6-7-4-2-1-3-5-7;7-5-2-1-3-6(8)4-5/h1-5H;1-4,7-8H. The fourth-order valence-corrected chi connectivity index (χ4v) is 1.01. The average molecular weight is 213 g/mol. The maximum atomic E-state index is 8.65. The summed E-state index contributed by atoms with van der Waals surface area (Å²) in [5, 5.41) is 25.6. The highest BCUT2D eigenvalue weighted by atomic mass is 16.3. The molecule has 0 heterocycles. The molecule has 0 amide bonds. The summed E-state index contributed by atoms with van der Waals surface area (Å²) in [7, 11) is 0. The van der Waals surface area contributed by atoms with E-state index in [-0.39, 0.29) is 11.5 Å². The summed E-state index contributed by atoms with van der Waals surface area (Å²) in [6, 6.07) is 17.0. The van der Waals surface area contributed by atoms with Crippen LogP contribution in [0.3, 0.4) is 0 Å². The van der Waals surface area contributed by atoms with Crippen molar-refractivity contribution in [3.63, 3.8) is 0 Å². The van der Waals surface area contributed by atoms with E-state index in [0.29, 0.717) is 5.56 Å². The first-order valence-electron chi connectivity index (χ1n) is 4.65. The van der Waals surface area contributed by atoms with Crippen molar-refractivity contribution < 1.29 is 10.2 Å². The topological polar surface area (TPSA) is 64.2 Å². The van der Waals surface area contributed by atoms with E-state index in [4.69, 9.17) is 15.5 Å². The van der Waals surface area contributed by atoms with E-state index < -0.39 is 0 Å². The van der Waals surface area contributed by atoms with Crippen LogP contribution in [-0.2, 0) is 0 Å². The van der Waals surface area contributed by atoms with Gasteiger partial charge in [0, 0.05) is 6.07 Å². The fourth-order valence-electron chi connectivity index (χ4n) is 1.01. The minimum atomic E-state index is 0.0880. The number of nitrogens with zero attached hydrogens (tertiary/aromatic N) is 1. The van der Waals surface area contributed by atoms with Gasteiger partial charge in [0.05, 0.1) is 11.6 Å². The molecule has 0 aliphatic carbocycles. The second kappa shape index (κ2) is 6.10. The summed E-state index contributed by atoms with van der Waals surface area (Å²) in [6.07, 6.45) is 0. The zero-order valence-electron chi connectivity index (χ0n) is 8.54. The number of phenolic OH excluding ortho intramolecular Hbond substituents is 2. The normalized spacial score (nSPS) is 8.44. The van der Waals surface area contributed by atoms with Gasteiger partial charge in [0.25, 0.3) is 0 Å². The summed E-state index contributed by atoms with van der Waals surface area (Å²) in [6.45, 7) is 0. The Balaban J connectivity index is 0.000000160. The molecular formula is C13H11NO2. The lowest BCUT2D eigenvalue weighted by Crippen LogP contribution is -1.66. The van der Waals surface area contributed by atoms with Crippen molar-refractivity contribution in [1.82, 2.24) is 0 Å². The number of hydrogen-bond acceptors (Lipinski definition) is 3. The monoisotopic (exact) mass is 213 g/mol. The Morgan fingerprint density at radius 3 is 1.69 bits per heavy atom. The van der Waals surface area contributed by atoms with E-state index in [1.54, 1.807) is 18.2 Å². The maximum Gasteiger partial charge on any atom is 0.119 e.